The van der Waals surface area contributed by atoms with Crippen molar-refractivity contribution in [2.75, 3.05) is 26.7 Å². The molecule has 2 fully saturated rings. The number of carbonyl (C=O) groups excluding carboxylic acids is 2. The van der Waals surface area contributed by atoms with Crippen LogP contribution in [0.4, 0.5) is 0 Å². The summed E-state index contributed by atoms with van der Waals surface area (Å²) >= 11 is 14.2. The summed E-state index contributed by atoms with van der Waals surface area (Å²) in [6, 6.07) is 17.7. The Morgan fingerprint density at radius 1 is 0.959 bits per heavy atom. The highest BCUT2D eigenvalue weighted by Gasteiger charge is 2.22. The maximum absolute atomic E-state index is 11.5. The molecule has 49 heavy (non-hydrogen) atoms. The van der Waals surface area contributed by atoms with E-state index in [0.29, 0.717) is 77.9 Å². The monoisotopic (exact) mass is 698 g/mol. The molecule has 7 rings (SSSR count). The fourth-order valence-electron chi connectivity index (χ4n) is 6.40. The number of fused-ring (bicyclic) bond motifs is 1. The van der Waals surface area contributed by atoms with Crippen LogP contribution in [0.3, 0.4) is 0 Å². The van der Waals surface area contributed by atoms with Crippen LogP contribution in [0.2, 0.25) is 10.0 Å². The van der Waals surface area contributed by atoms with E-state index in [1.165, 1.54) is 0 Å². The Hall–Kier alpha value is -4.55. The lowest BCUT2D eigenvalue weighted by molar-refractivity contribution is -0.120. The standard InChI is InChI=1S/C36H36Cl2N8O3/c1-49-36-23(18-40-19-25-9-11-31(47)43-25)8-10-29(44-36)28-6-2-4-26(33(28)37)27-5-3-7-30(34(27)38)46-20-24-12-21(17-42-35(24)45-46)14-39-15-22-13-32(48)41-16-22/h2-8,10,12,17,20,22,25,39-40H,9,11,13-16,18-19H2,1H3,(H,41,48)(H,43,47)/t22?,25-/m0/s1. The number of hydrogen-bond acceptors (Lipinski definition) is 8. The molecule has 252 valence electrons. The zero-order valence-corrected chi connectivity index (χ0v) is 28.4. The van der Waals surface area contributed by atoms with Gasteiger partial charge in [-0.25, -0.2) is 14.6 Å². The summed E-state index contributed by atoms with van der Waals surface area (Å²) in [5.41, 5.74) is 6.19. The van der Waals surface area contributed by atoms with Gasteiger partial charge in [0.1, 0.15) is 0 Å². The summed E-state index contributed by atoms with van der Waals surface area (Å²) in [5, 5.41) is 19.3. The number of nitrogens with one attached hydrogen (secondary N) is 4. The molecule has 2 saturated heterocycles. The first-order chi connectivity index (χ1) is 23.9. The van der Waals surface area contributed by atoms with E-state index in [0.717, 1.165) is 46.2 Å². The molecule has 0 aliphatic carbocycles. The Kier molecular flexibility index (Phi) is 9.77. The fourth-order valence-corrected chi connectivity index (χ4v) is 7.03. The first-order valence-corrected chi connectivity index (χ1v) is 17.1. The summed E-state index contributed by atoms with van der Waals surface area (Å²) < 4.78 is 7.39. The summed E-state index contributed by atoms with van der Waals surface area (Å²) in [7, 11) is 1.60. The number of amides is 2. The van der Waals surface area contributed by atoms with E-state index in [2.05, 4.69) is 32.3 Å². The lowest BCUT2D eigenvalue weighted by atomic mass is 10.00. The maximum atomic E-state index is 11.5. The fraction of sp³-hybridized carbons (Fsp3) is 0.306. The van der Waals surface area contributed by atoms with E-state index in [1.54, 1.807) is 11.8 Å². The molecule has 0 radical (unpaired) electrons. The molecule has 5 heterocycles. The lowest BCUT2D eigenvalue weighted by Gasteiger charge is -2.15. The lowest BCUT2D eigenvalue weighted by Crippen LogP contribution is -2.35. The van der Waals surface area contributed by atoms with Crippen LogP contribution in [0.15, 0.2) is 67.0 Å². The zero-order valence-electron chi connectivity index (χ0n) is 26.9. The predicted octanol–water partition coefficient (Wildman–Crippen LogP) is 5.06. The van der Waals surface area contributed by atoms with Crippen LogP contribution in [0.25, 0.3) is 39.1 Å². The molecule has 2 atom stereocenters. The van der Waals surface area contributed by atoms with Gasteiger partial charge in [-0.05, 0) is 36.1 Å². The van der Waals surface area contributed by atoms with Crippen LogP contribution >= 0.6 is 23.2 Å². The third-order valence-corrected chi connectivity index (χ3v) is 9.76. The largest absolute Gasteiger partial charge is 0.481 e. The molecule has 2 aromatic carbocycles. The van der Waals surface area contributed by atoms with Crippen molar-refractivity contribution in [3.63, 3.8) is 0 Å². The highest BCUT2D eigenvalue weighted by atomic mass is 35.5. The van der Waals surface area contributed by atoms with Crippen LogP contribution in [0, 0.1) is 5.92 Å². The van der Waals surface area contributed by atoms with Gasteiger partial charge in [-0.15, -0.1) is 5.10 Å². The van der Waals surface area contributed by atoms with Gasteiger partial charge in [0.15, 0.2) is 5.65 Å². The van der Waals surface area contributed by atoms with E-state index < -0.39 is 0 Å². The Labute approximate surface area is 293 Å². The van der Waals surface area contributed by atoms with Gasteiger partial charge in [-0.1, -0.05) is 59.6 Å². The minimum absolute atomic E-state index is 0.0992. The molecule has 0 saturated carbocycles. The van der Waals surface area contributed by atoms with Gasteiger partial charge in [-0.2, -0.15) is 0 Å². The minimum Gasteiger partial charge on any atom is -0.481 e. The number of rotatable bonds is 12. The van der Waals surface area contributed by atoms with Crippen molar-refractivity contribution < 1.29 is 14.3 Å². The molecule has 2 aliphatic rings. The average molecular weight is 700 g/mol. The number of halogens is 2. The molecule has 0 bridgehead atoms. The second-order valence-electron chi connectivity index (χ2n) is 12.4. The number of benzene rings is 2. The second kappa shape index (κ2) is 14.5. The minimum atomic E-state index is 0.0992. The van der Waals surface area contributed by atoms with Crippen molar-refractivity contribution in [1.82, 2.24) is 41.0 Å². The molecule has 3 aromatic heterocycles. The summed E-state index contributed by atoms with van der Waals surface area (Å²) in [6.45, 7) is 3.35. The van der Waals surface area contributed by atoms with Crippen molar-refractivity contribution in [2.24, 2.45) is 5.92 Å². The van der Waals surface area contributed by atoms with Crippen LogP contribution in [0.1, 0.15) is 30.4 Å². The number of hydrogen-bond donors (Lipinski definition) is 4. The third kappa shape index (κ3) is 7.25. The first-order valence-electron chi connectivity index (χ1n) is 16.3. The summed E-state index contributed by atoms with van der Waals surface area (Å²) in [6.07, 6.45) is 5.71. The quantitative estimate of drug-likeness (QED) is 0.142. The van der Waals surface area contributed by atoms with Gasteiger partial charge < -0.3 is 26.0 Å². The Morgan fingerprint density at radius 3 is 2.53 bits per heavy atom. The predicted molar refractivity (Wildman–Crippen MR) is 190 cm³/mol. The normalized spacial score (nSPS) is 17.4. The van der Waals surface area contributed by atoms with Gasteiger partial charge in [0.2, 0.25) is 17.7 Å². The van der Waals surface area contributed by atoms with Crippen molar-refractivity contribution in [3.8, 4) is 34.0 Å². The van der Waals surface area contributed by atoms with Gasteiger partial charge in [-0.3, -0.25) is 9.59 Å². The average Bonchev–Trinajstić information content (AvgIpc) is 3.84. The number of ether oxygens (including phenoxy) is 1. The van der Waals surface area contributed by atoms with Gasteiger partial charge >= 0.3 is 0 Å². The van der Waals surface area contributed by atoms with Crippen molar-refractivity contribution in [1.29, 1.82) is 0 Å². The van der Waals surface area contributed by atoms with E-state index in [1.807, 2.05) is 60.9 Å². The topological polar surface area (TPSA) is 135 Å². The molecule has 2 amide bonds. The summed E-state index contributed by atoms with van der Waals surface area (Å²) in [4.78, 5) is 32.3. The van der Waals surface area contributed by atoms with Gasteiger partial charge in [0.25, 0.3) is 0 Å². The molecule has 11 nitrogen and oxygen atoms in total. The molecule has 5 aromatic rings. The molecule has 2 aliphatic heterocycles. The second-order valence-corrected chi connectivity index (χ2v) is 13.2. The number of nitrogens with zero attached hydrogens (tertiary/aromatic N) is 4. The maximum Gasteiger partial charge on any atom is 0.220 e. The molecular weight excluding hydrogens is 663 g/mol. The zero-order chi connectivity index (χ0) is 33.9. The van der Waals surface area contributed by atoms with E-state index in [9.17, 15) is 9.59 Å². The Balaban J connectivity index is 1.09. The number of aromatic nitrogens is 4. The third-order valence-electron chi connectivity index (χ3n) is 8.95. The molecule has 0 spiro atoms. The summed E-state index contributed by atoms with van der Waals surface area (Å²) in [5.74, 6) is 1.02. The number of pyridine rings is 2. The van der Waals surface area contributed by atoms with Crippen LogP contribution in [-0.2, 0) is 22.7 Å². The Morgan fingerprint density at radius 2 is 1.76 bits per heavy atom. The van der Waals surface area contributed by atoms with Crippen molar-refractivity contribution in [3.05, 3.63) is 88.2 Å². The van der Waals surface area contributed by atoms with E-state index in [-0.39, 0.29) is 17.9 Å². The van der Waals surface area contributed by atoms with Gasteiger partial charge in [0.05, 0.1) is 28.5 Å². The highest BCUT2D eigenvalue weighted by Crippen LogP contribution is 2.41. The highest BCUT2D eigenvalue weighted by molar-refractivity contribution is 6.39. The molecule has 1 unspecified atom stereocenters. The van der Waals surface area contributed by atoms with Crippen molar-refractivity contribution >= 4 is 46.0 Å². The van der Waals surface area contributed by atoms with E-state index >= 15 is 0 Å². The Bertz CT molecular complexity index is 2030. The van der Waals surface area contributed by atoms with E-state index in [4.69, 9.17) is 38.0 Å². The van der Waals surface area contributed by atoms with Crippen molar-refractivity contribution in [2.45, 2.75) is 38.4 Å². The van der Waals surface area contributed by atoms with Gasteiger partial charge in [0, 0.05) is 91.6 Å². The SMILES string of the molecule is COc1nc(-c2cccc(-c3cccc(-n4cc5cc(CNCC6CNC(=O)C6)cnc5n4)c3Cl)c2Cl)ccc1CNC[C@@H]1CCC(=O)N1. The van der Waals surface area contributed by atoms with Crippen LogP contribution in [-0.4, -0.2) is 64.3 Å². The molecule has 13 heteroatoms. The van der Waals surface area contributed by atoms with Crippen LogP contribution in [0.5, 0.6) is 5.88 Å². The first kappa shape index (κ1) is 33.0. The molecule has 4 N–H and O–H groups in total. The number of carbonyl (C=O) groups is 2. The van der Waals surface area contributed by atoms with Crippen LogP contribution < -0.4 is 26.0 Å². The smallest absolute Gasteiger partial charge is 0.220 e. The molecular formula is C36H36Cl2N8O3. The number of methoxy groups -OCH3 is 1.